The van der Waals surface area contributed by atoms with Crippen molar-refractivity contribution in [3.8, 4) is 0 Å². The fourth-order valence-electron chi connectivity index (χ4n) is 2.70. The van der Waals surface area contributed by atoms with Crippen molar-refractivity contribution in [1.29, 1.82) is 0 Å². The van der Waals surface area contributed by atoms with Crippen LogP contribution >= 0.6 is 11.6 Å². The topological polar surface area (TPSA) is 69.4 Å². The van der Waals surface area contributed by atoms with Gasteiger partial charge in [-0.2, -0.15) is 0 Å². The Morgan fingerprint density at radius 3 is 2.68 bits per heavy atom. The van der Waals surface area contributed by atoms with Gasteiger partial charge in [0.25, 0.3) is 0 Å². The summed E-state index contributed by atoms with van der Waals surface area (Å²) in [6.45, 7) is 2.60. The Morgan fingerprint density at radius 1 is 1.47 bits per heavy atom. The van der Waals surface area contributed by atoms with Crippen LogP contribution in [-0.4, -0.2) is 38.7 Å². The minimum Gasteiger partial charge on any atom is -0.380 e. The van der Waals surface area contributed by atoms with E-state index in [2.05, 4.69) is 0 Å². The van der Waals surface area contributed by atoms with Gasteiger partial charge in [-0.05, 0) is 24.6 Å². The lowest BCUT2D eigenvalue weighted by Crippen LogP contribution is -2.36. The highest BCUT2D eigenvalue weighted by Gasteiger charge is 2.68. The Labute approximate surface area is 118 Å². The van der Waals surface area contributed by atoms with Crippen LogP contribution in [0.2, 0.25) is 5.02 Å². The molecule has 4 nitrogen and oxygen atoms in total. The summed E-state index contributed by atoms with van der Waals surface area (Å²) >= 11 is 5.95. The molecule has 6 heteroatoms. The fraction of sp³-hybridized carbons (Fsp3) is 0.538. The molecule has 106 valence electrons. The van der Waals surface area contributed by atoms with Gasteiger partial charge >= 0.3 is 0 Å². The number of sulfone groups is 1. The monoisotopic (exact) mass is 303 g/mol. The summed E-state index contributed by atoms with van der Waals surface area (Å²) in [6.07, 6.45) is 1.22. The molecule has 19 heavy (non-hydrogen) atoms. The predicted molar refractivity (Wildman–Crippen MR) is 76.2 cm³/mol. The standard InChI is InChI=1S/C13H18ClNO3S/c1-3-18-8-13(15)11(12(13)19(2,16)17)9-5-4-6-10(14)7-9/h4-7,11-12H,3,8,15H2,1-2H3/t11-,12-,13+/m0/s1. The van der Waals surface area contributed by atoms with Crippen LogP contribution in [0.1, 0.15) is 18.4 Å². The molecule has 1 fully saturated rings. The Balaban J connectivity index is 2.33. The third kappa shape index (κ3) is 2.79. The molecule has 0 saturated heterocycles. The average molecular weight is 304 g/mol. The van der Waals surface area contributed by atoms with Crippen molar-refractivity contribution in [3.63, 3.8) is 0 Å². The summed E-state index contributed by atoms with van der Waals surface area (Å²) in [5, 5.41) is -0.0274. The van der Waals surface area contributed by atoms with Gasteiger partial charge < -0.3 is 10.5 Å². The van der Waals surface area contributed by atoms with E-state index in [1.807, 2.05) is 13.0 Å². The number of halogens is 1. The molecule has 0 aromatic heterocycles. The van der Waals surface area contributed by atoms with Crippen LogP contribution in [0.5, 0.6) is 0 Å². The van der Waals surface area contributed by atoms with Crippen LogP contribution in [0.15, 0.2) is 24.3 Å². The maximum absolute atomic E-state index is 11.9. The van der Waals surface area contributed by atoms with Gasteiger partial charge in [0.05, 0.1) is 17.4 Å². The highest BCUT2D eigenvalue weighted by atomic mass is 35.5. The lowest BCUT2D eigenvalue weighted by Gasteiger charge is -2.11. The second-order valence-corrected chi connectivity index (χ2v) is 7.64. The second kappa shape index (κ2) is 5.05. The third-order valence-electron chi connectivity index (χ3n) is 3.53. The molecule has 0 radical (unpaired) electrons. The first-order valence-electron chi connectivity index (χ1n) is 6.11. The summed E-state index contributed by atoms with van der Waals surface area (Å²) in [5.74, 6) is -0.257. The molecule has 2 N–H and O–H groups in total. The van der Waals surface area contributed by atoms with Gasteiger partial charge in [-0.25, -0.2) is 8.42 Å². The first-order valence-corrected chi connectivity index (χ1v) is 8.45. The smallest absolute Gasteiger partial charge is 0.152 e. The lowest BCUT2D eigenvalue weighted by atomic mass is 10.1. The van der Waals surface area contributed by atoms with E-state index >= 15 is 0 Å². The van der Waals surface area contributed by atoms with E-state index < -0.39 is 20.6 Å². The predicted octanol–water partition coefficient (Wildman–Crippen LogP) is 1.58. The van der Waals surface area contributed by atoms with Crippen molar-refractivity contribution in [2.45, 2.75) is 23.6 Å². The van der Waals surface area contributed by atoms with Gasteiger partial charge in [0.1, 0.15) is 0 Å². The van der Waals surface area contributed by atoms with Crippen LogP contribution in [0.4, 0.5) is 0 Å². The van der Waals surface area contributed by atoms with Crippen molar-refractivity contribution in [3.05, 3.63) is 34.9 Å². The highest BCUT2D eigenvalue weighted by molar-refractivity contribution is 7.91. The van der Waals surface area contributed by atoms with Crippen molar-refractivity contribution in [2.24, 2.45) is 5.73 Å². The fourth-order valence-corrected chi connectivity index (χ4v) is 4.74. The largest absolute Gasteiger partial charge is 0.380 e. The molecule has 0 unspecified atom stereocenters. The average Bonchev–Trinajstić information content (AvgIpc) is 2.94. The maximum atomic E-state index is 11.9. The molecule has 0 amide bonds. The van der Waals surface area contributed by atoms with E-state index in [4.69, 9.17) is 22.1 Å². The van der Waals surface area contributed by atoms with Crippen LogP contribution in [-0.2, 0) is 14.6 Å². The number of hydrogen-bond donors (Lipinski definition) is 1. The lowest BCUT2D eigenvalue weighted by molar-refractivity contribution is 0.125. The second-order valence-electron chi connectivity index (χ2n) is 5.03. The van der Waals surface area contributed by atoms with E-state index in [9.17, 15) is 8.42 Å². The van der Waals surface area contributed by atoms with E-state index in [0.29, 0.717) is 11.6 Å². The SMILES string of the molecule is CCOC[C@@]1(N)[C@@H](c2cccc(Cl)c2)[C@@H]1S(C)(=O)=O. The zero-order valence-corrected chi connectivity index (χ0v) is 12.5. The molecule has 0 bridgehead atoms. The molecule has 1 aliphatic carbocycles. The summed E-state index contributed by atoms with van der Waals surface area (Å²) in [4.78, 5) is 0. The molecule has 0 heterocycles. The quantitative estimate of drug-likeness (QED) is 0.897. The van der Waals surface area contributed by atoms with E-state index in [1.54, 1.807) is 18.2 Å². The highest BCUT2D eigenvalue weighted by Crippen LogP contribution is 2.54. The molecule has 0 aliphatic heterocycles. The number of hydrogen-bond acceptors (Lipinski definition) is 4. The molecule has 1 aromatic rings. The number of benzene rings is 1. The first-order chi connectivity index (χ1) is 8.80. The molecule has 2 rings (SSSR count). The zero-order valence-electron chi connectivity index (χ0n) is 11.0. The molecule has 1 aromatic carbocycles. The van der Waals surface area contributed by atoms with Gasteiger partial charge in [0.2, 0.25) is 0 Å². The first kappa shape index (κ1) is 14.8. The number of ether oxygens (including phenoxy) is 1. The van der Waals surface area contributed by atoms with Crippen molar-refractivity contribution in [2.75, 3.05) is 19.5 Å². The normalized spacial score (nSPS) is 30.3. The number of rotatable bonds is 5. The number of nitrogens with two attached hydrogens (primary N) is 1. The van der Waals surface area contributed by atoms with Gasteiger partial charge in [-0.15, -0.1) is 0 Å². The molecular formula is C13H18ClNO3S. The summed E-state index contributed by atoms with van der Waals surface area (Å²) < 4.78 is 29.1. The van der Waals surface area contributed by atoms with Gasteiger partial charge in [0.15, 0.2) is 9.84 Å². The minimum absolute atomic E-state index is 0.235. The molecule has 1 saturated carbocycles. The van der Waals surface area contributed by atoms with E-state index in [1.165, 1.54) is 6.26 Å². The van der Waals surface area contributed by atoms with Crippen molar-refractivity contribution >= 4 is 21.4 Å². The summed E-state index contributed by atoms with van der Waals surface area (Å²) in [5.41, 5.74) is 6.24. The molecular weight excluding hydrogens is 286 g/mol. The zero-order chi connectivity index (χ0) is 14.3. The molecule has 1 aliphatic rings. The van der Waals surface area contributed by atoms with Crippen LogP contribution in [0.3, 0.4) is 0 Å². The van der Waals surface area contributed by atoms with Gasteiger partial charge in [0, 0.05) is 23.8 Å². The van der Waals surface area contributed by atoms with Crippen molar-refractivity contribution in [1.82, 2.24) is 0 Å². The van der Waals surface area contributed by atoms with E-state index in [-0.39, 0.29) is 12.5 Å². The van der Waals surface area contributed by atoms with Crippen LogP contribution in [0, 0.1) is 0 Å². The Bertz CT molecular complexity index is 575. The van der Waals surface area contributed by atoms with Gasteiger partial charge in [-0.1, -0.05) is 23.7 Å². The maximum Gasteiger partial charge on any atom is 0.152 e. The third-order valence-corrected chi connectivity index (χ3v) is 5.40. The van der Waals surface area contributed by atoms with E-state index in [0.717, 1.165) is 5.56 Å². The Kier molecular flexibility index (Phi) is 3.93. The Hall–Kier alpha value is -0.620. The summed E-state index contributed by atoms with van der Waals surface area (Å²) in [7, 11) is -3.23. The Morgan fingerprint density at radius 2 is 2.16 bits per heavy atom. The molecule has 3 atom stereocenters. The van der Waals surface area contributed by atoms with Gasteiger partial charge in [-0.3, -0.25) is 0 Å². The summed E-state index contributed by atoms with van der Waals surface area (Å²) in [6, 6.07) is 7.18. The van der Waals surface area contributed by atoms with Crippen LogP contribution in [0.25, 0.3) is 0 Å². The van der Waals surface area contributed by atoms with Crippen molar-refractivity contribution < 1.29 is 13.2 Å². The van der Waals surface area contributed by atoms with Crippen LogP contribution < -0.4 is 5.73 Å². The minimum atomic E-state index is -3.23. The molecule has 0 spiro atoms.